The van der Waals surface area contributed by atoms with Crippen molar-refractivity contribution in [3.8, 4) is 0 Å². The maximum absolute atomic E-state index is 12.7. The van der Waals surface area contributed by atoms with Crippen molar-refractivity contribution in [1.82, 2.24) is 8.61 Å². The van der Waals surface area contributed by atoms with Gasteiger partial charge in [0.1, 0.15) is 0 Å². The summed E-state index contributed by atoms with van der Waals surface area (Å²) in [4.78, 5) is 0.240. The fraction of sp³-hybridized carbons (Fsp3) is 0.333. The Morgan fingerprint density at radius 1 is 0.769 bits per heavy atom. The van der Waals surface area contributed by atoms with E-state index in [0.717, 1.165) is 11.1 Å². The van der Waals surface area contributed by atoms with E-state index < -0.39 is 20.0 Å². The van der Waals surface area contributed by atoms with Crippen LogP contribution in [0.3, 0.4) is 0 Å². The maximum Gasteiger partial charge on any atom is 0.243 e. The van der Waals surface area contributed by atoms with Crippen molar-refractivity contribution in [2.75, 3.05) is 26.2 Å². The van der Waals surface area contributed by atoms with Crippen molar-refractivity contribution in [3.63, 3.8) is 0 Å². The number of hydrogen-bond acceptors (Lipinski definition) is 4. The maximum atomic E-state index is 12.7. The van der Waals surface area contributed by atoms with Crippen molar-refractivity contribution < 1.29 is 16.8 Å². The number of aryl methyl sites for hydroxylation is 1. The lowest BCUT2D eigenvalue weighted by Crippen LogP contribution is -2.50. The van der Waals surface area contributed by atoms with Crippen LogP contribution in [0.15, 0.2) is 59.5 Å². The first-order valence-corrected chi connectivity index (χ1v) is 11.4. The van der Waals surface area contributed by atoms with E-state index in [4.69, 9.17) is 0 Å². The Balaban J connectivity index is 1.68. The van der Waals surface area contributed by atoms with Crippen LogP contribution >= 0.6 is 0 Å². The molecule has 2 aromatic carbocycles. The van der Waals surface area contributed by atoms with Gasteiger partial charge >= 0.3 is 0 Å². The van der Waals surface area contributed by atoms with Crippen LogP contribution in [0.2, 0.25) is 0 Å². The minimum absolute atomic E-state index is 0.0709. The van der Waals surface area contributed by atoms with Gasteiger partial charge in [-0.3, -0.25) is 0 Å². The van der Waals surface area contributed by atoms with Gasteiger partial charge in [0.2, 0.25) is 20.0 Å². The zero-order valence-electron chi connectivity index (χ0n) is 14.6. The molecule has 140 valence electrons. The molecule has 0 aliphatic carbocycles. The summed E-state index contributed by atoms with van der Waals surface area (Å²) < 4.78 is 53.3. The van der Waals surface area contributed by atoms with E-state index in [9.17, 15) is 16.8 Å². The Hall–Kier alpha value is -1.74. The lowest BCUT2D eigenvalue weighted by molar-refractivity contribution is 0.272. The predicted molar refractivity (Wildman–Crippen MR) is 101 cm³/mol. The van der Waals surface area contributed by atoms with Crippen molar-refractivity contribution in [2.45, 2.75) is 17.6 Å². The summed E-state index contributed by atoms with van der Waals surface area (Å²) in [7, 11) is -7.06. The third-order valence-corrected chi connectivity index (χ3v) is 8.20. The van der Waals surface area contributed by atoms with Crippen LogP contribution in [0.25, 0.3) is 0 Å². The van der Waals surface area contributed by atoms with Crippen molar-refractivity contribution in [2.24, 2.45) is 0 Å². The molecule has 26 heavy (non-hydrogen) atoms. The van der Waals surface area contributed by atoms with E-state index in [1.54, 1.807) is 48.5 Å². The van der Waals surface area contributed by atoms with E-state index in [1.165, 1.54) is 8.61 Å². The van der Waals surface area contributed by atoms with E-state index in [0.29, 0.717) is 0 Å². The first kappa shape index (κ1) is 19.0. The Kier molecular flexibility index (Phi) is 5.47. The molecule has 0 atom stereocenters. The summed E-state index contributed by atoms with van der Waals surface area (Å²) in [5.41, 5.74) is 1.71. The molecule has 0 amide bonds. The second kappa shape index (κ2) is 7.48. The van der Waals surface area contributed by atoms with Gasteiger partial charge in [-0.25, -0.2) is 16.8 Å². The molecule has 0 aromatic heterocycles. The third-order valence-electron chi connectivity index (χ3n) is 4.44. The minimum Gasteiger partial charge on any atom is -0.212 e. The molecule has 8 heteroatoms. The minimum atomic E-state index is -3.59. The van der Waals surface area contributed by atoms with Gasteiger partial charge in [0.25, 0.3) is 0 Å². The van der Waals surface area contributed by atoms with Crippen LogP contribution in [0, 0.1) is 6.92 Å². The summed E-state index contributed by atoms with van der Waals surface area (Å²) in [6.45, 7) is 2.54. The topological polar surface area (TPSA) is 74.8 Å². The zero-order valence-corrected chi connectivity index (χ0v) is 16.2. The number of piperazine rings is 1. The SMILES string of the molecule is Cc1ccc(S(=O)(=O)N2CCN(S(=O)(=O)Cc3ccccc3)CC2)cc1. The van der Waals surface area contributed by atoms with Gasteiger partial charge in [-0.15, -0.1) is 0 Å². The normalized spacial score (nSPS) is 17.3. The number of benzene rings is 2. The van der Waals surface area contributed by atoms with Crippen LogP contribution < -0.4 is 0 Å². The molecule has 1 aliphatic heterocycles. The molecule has 1 fully saturated rings. The Bertz CT molecular complexity index is 948. The average molecular weight is 395 g/mol. The number of rotatable bonds is 5. The molecule has 0 radical (unpaired) electrons. The molecule has 0 saturated carbocycles. The van der Waals surface area contributed by atoms with Gasteiger partial charge in [0, 0.05) is 26.2 Å². The molecule has 1 saturated heterocycles. The summed E-state index contributed by atoms with van der Waals surface area (Å²) >= 11 is 0. The Labute approximate surface area is 155 Å². The quantitative estimate of drug-likeness (QED) is 0.775. The molecule has 2 aromatic rings. The van der Waals surface area contributed by atoms with Gasteiger partial charge in [0.05, 0.1) is 10.6 Å². The monoisotopic (exact) mass is 394 g/mol. The molecule has 1 aliphatic rings. The summed E-state index contributed by atoms with van der Waals surface area (Å²) in [6, 6.07) is 15.7. The van der Waals surface area contributed by atoms with E-state index in [2.05, 4.69) is 0 Å². The largest absolute Gasteiger partial charge is 0.243 e. The summed E-state index contributed by atoms with van der Waals surface area (Å²) in [5.74, 6) is -0.0709. The van der Waals surface area contributed by atoms with Crippen LogP contribution in [0.4, 0.5) is 0 Å². The standard InChI is InChI=1S/C18H22N2O4S2/c1-16-7-9-18(10-8-16)26(23,24)20-13-11-19(12-14-20)25(21,22)15-17-5-3-2-4-6-17/h2-10H,11-15H2,1H3. The lowest BCUT2D eigenvalue weighted by atomic mass is 10.2. The molecule has 3 rings (SSSR count). The van der Waals surface area contributed by atoms with Gasteiger partial charge < -0.3 is 0 Å². The molecule has 0 unspecified atom stereocenters. The van der Waals surface area contributed by atoms with E-state index in [1.807, 2.05) is 13.0 Å². The highest BCUT2D eigenvalue weighted by Gasteiger charge is 2.32. The Morgan fingerprint density at radius 3 is 1.88 bits per heavy atom. The molecule has 0 bridgehead atoms. The molecule has 0 N–H and O–H groups in total. The van der Waals surface area contributed by atoms with Crippen molar-refractivity contribution in [1.29, 1.82) is 0 Å². The molecular formula is C18H22N2O4S2. The predicted octanol–water partition coefficient (Wildman–Crippen LogP) is 1.83. The van der Waals surface area contributed by atoms with Gasteiger partial charge in [-0.2, -0.15) is 8.61 Å². The first-order chi connectivity index (χ1) is 12.3. The second-order valence-electron chi connectivity index (χ2n) is 6.36. The van der Waals surface area contributed by atoms with Crippen LogP contribution in [0.5, 0.6) is 0 Å². The van der Waals surface area contributed by atoms with Gasteiger partial charge in [-0.1, -0.05) is 48.0 Å². The van der Waals surface area contributed by atoms with Crippen molar-refractivity contribution in [3.05, 3.63) is 65.7 Å². The summed E-state index contributed by atoms with van der Waals surface area (Å²) in [6.07, 6.45) is 0. The number of hydrogen-bond donors (Lipinski definition) is 0. The highest BCUT2D eigenvalue weighted by atomic mass is 32.2. The van der Waals surface area contributed by atoms with Gasteiger partial charge in [0.15, 0.2) is 0 Å². The lowest BCUT2D eigenvalue weighted by Gasteiger charge is -2.33. The van der Waals surface area contributed by atoms with Crippen molar-refractivity contribution >= 4 is 20.0 Å². The zero-order chi connectivity index (χ0) is 18.8. The van der Waals surface area contributed by atoms with Crippen LogP contribution in [-0.4, -0.2) is 51.6 Å². The Morgan fingerprint density at radius 2 is 1.31 bits per heavy atom. The fourth-order valence-electron chi connectivity index (χ4n) is 2.92. The molecule has 6 nitrogen and oxygen atoms in total. The third kappa shape index (κ3) is 4.15. The fourth-order valence-corrected chi connectivity index (χ4v) is 5.86. The van der Waals surface area contributed by atoms with E-state index >= 15 is 0 Å². The molecule has 0 spiro atoms. The highest BCUT2D eigenvalue weighted by molar-refractivity contribution is 7.89. The summed E-state index contributed by atoms with van der Waals surface area (Å²) in [5, 5.41) is 0. The van der Waals surface area contributed by atoms with Crippen LogP contribution in [0.1, 0.15) is 11.1 Å². The molecular weight excluding hydrogens is 372 g/mol. The average Bonchev–Trinajstić information content (AvgIpc) is 2.63. The first-order valence-electron chi connectivity index (χ1n) is 8.38. The van der Waals surface area contributed by atoms with Gasteiger partial charge in [-0.05, 0) is 24.6 Å². The highest BCUT2D eigenvalue weighted by Crippen LogP contribution is 2.20. The number of nitrogens with zero attached hydrogens (tertiary/aromatic N) is 2. The molecule has 1 heterocycles. The second-order valence-corrected chi connectivity index (χ2v) is 10.3. The van der Waals surface area contributed by atoms with E-state index in [-0.39, 0.29) is 36.8 Å². The van der Waals surface area contributed by atoms with Crippen LogP contribution in [-0.2, 0) is 25.8 Å². The smallest absolute Gasteiger partial charge is 0.212 e. The number of sulfonamides is 2.